The number of thioether (sulfide) groups is 1. The fourth-order valence-electron chi connectivity index (χ4n) is 3.29. The molecule has 0 bridgehead atoms. The van der Waals surface area contributed by atoms with Crippen molar-refractivity contribution in [3.63, 3.8) is 0 Å². The van der Waals surface area contributed by atoms with E-state index in [0.717, 1.165) is 5.03 Å². The van der Waals surface area contributed by atoms with E-state index in [1.54, 1.807) is 18.0 Å². The van der Waals surface area contributed by atoms with Crippen LogP contribution >= 0.6 is 11.8 Å². The van der Waals surface area contributed by atoms with Crippen LogP contribution in [0.5, 0.6) is 11.5 Å². The van der Waals surface area contributed by atoms with Gasteiger partial charge >= 0.3 is 6.36 Å². The molecule has 29 heavy (non-hydrogen) atoms. The lowest BCUT2D eigenvalue weighted by atomic mass is 10.1. The maximum absolute atomic E-state index is 12.2. The van der Waals surface area contributed by atoms with Gasteiger partial charge in [-0.25, -0.2) is 4.98 Å². The molecule has 1 aliphatic heterocycles. The summed E-state index contributed by atoms with van der Waals surface area (Å²) < 4.78 is 46.3. The smallest absolute Gasteiger partial charge is 0.438 e. The van der Waals surface area contributed by atoms with Crippen LogP contribution in [0.25, 0.3) is 0 Å². The molecule has 1 fully saturated rings. The SMILES string of the molecule is FC(F)(F)Oc1ccc(C2CC(Oc3ccc(SC4CCCC4)nc3)=NO2)cc1. The minimum Gasteiger partial charge on any atom is -0.438 e. The topological polar surface area (TPSA) is 52.9 Å². The fourth-order valence-corrected chi connectivity index (χ4v) is 4.46. The molecule has 1 aromatic carbocycles. The van der Waals surface area contributed by atoms with Crippen LogP contribution in [-0.4, -0.2) is 22.5 Å². The van der Waals surface area contributed by atoms with Crippen LogP contribution < -0.4 is 9.47 Å². The van der Waals surface area contributed by atoms with Gasteiger partial charge in [-0.05, 0) is 42.7 Å². The molecule has 2 aromatic rings. The van der Waals surface area contributed by atoms with E-state index >= 15 is 0 Å². The Morgan fingerprint density at radius 3 is 2.38 bits per heavy atom. The zero-order valence-electron chi connectivity index (χ0n) is 15.4. The van der Waals surface area contributed by atoms with Crippen LogP contribution in [0.4, 0.5) is 13.2 Å². The first-order valence-electron chi connectivity index (χ1n) is 9.33. The summed E-state index contributed by atoms with van der Waals surface area (Å²) in [6.45, 7) is 0. The molecule has 0 radical (unpaired) electrons. The van der Waals surface area contributed by atoms with Crippen molar-refractivity contribution >= 4 is 17.7 Å². The number of pyridine rings is 1. The summed E-state index contributed by atoms with van der Waals surface area (Å²) in [4.78, 5) is 9.79. The van der Waals surface area contributed by atoms with Gasteiger partial charge in [0.2, 0.25) is 5.90 Å². The number of nitrogens with zero attached hydrogens (tertiary/aromatic N) is 2. The Kier molecular flexibility index (Phi) is 5.84. The molecule has 2 aliphatic rings. The summed E-state index contributed by atoms with van der Waals surface area (Å²) >= 11 is 1.80. The molecule has 1 aromatic heterocycles. The van der Waals surface area contributed by atoms with E-state index in [1.165, 1.54) is 49.9 Å². The molecule has 9 heteroatoms. The molecular formula is C20H19F3N2O3S. The number of benzene rings is 1. The first kappa shape index (κ1) is 19.9. The third-order valence-electron chi connectivity index (χ3n) is 4.66. The average Bonchev–Trinajstić information content (AvgIpc) is 3.35. The molecule has 0 spiro atoms. The molecule has 0 N–H and O–H groups in total. The first-order valence-corrected chi connectivity index (χ1v) is 10.2. The second-order valence-electron chi connectivity index (χ2n) is 6.86. The zero-order chi connectivity index (χ0) is 20.3. The van der Waals surface area contributed by atoms with Gasteiger partial charge in [-0.2, -0.15) is 0 Å². The molecule has 4 rings (SSSR count). The van der Waals surface area contributed by atoms with Gasteiger partial charge in [0.05, 0.1) is 17.6 Å². The van der Waals surface area contributed by atoms with Gasteiger partial charge in [0.25, 0.3) is 0 Å². The number of oxime groups is 1. The highest BCUT2D eigenvalue weighted by atomic mass is 32.2. The Bertz CT molecular complexity index is 851. The van der Waals surface area contributed by atoms with E-state index in [1.807, 2.05) is 12.1 Å². The summed E-state index contributed by atoms with van der Waals surface area (Å²) in [6.07, 6.45) is 1.96. The van der Waals surface area contributed by atoms with Crippen LogP contribution in [0, 0.1) is 0 Å². The number of ether oxygens (including phenoxy) is 2. The summed E-state index contributed by atoms with van der Waals surface area (Å²) in [6, 6.07) is 9.31. The lowest BCUT2D eigenvalue weighted by molar-refractivity contribution is -0.274. The number of aromatic nitrogens is 1. The molecule has 154 valence electrons. The van der Waals surface area contributed by atoms with Crippen molar-refractivity contribution in [1.29, 1.82) is 0 Å². The number of hydrogen-bond donors (Lipinski definition) is 0. The van der Waals surface area contributed by atoms with Crippen molar-refractivity contribution in [3.05, 3.63) is 48.2 Å². The highest BCUT2D eigenvalue weighted by Gasteiger charge is 2.31. The molecule has 1 atom stereocenters. The number of alkyl halides is 3. The maximum Gasteiger partial charge on any atom is 0.573 e. The third-order valence-corrected chi connectivity index (χ3v) is 5.95. The van der Waals surface area contributed by atoms with Crippen molar-refractivity contribution in [1.82, 2.24) is 4.98 Å². The highest BCUT2D eigenvalue weighted by molar-refractivity contribution is 7.99. The summed E-state index contributed by atoms with van der Waals surface area (Å²) in [5.41, 5.74) is 0.684. The lowest BCUT2D eigenvalue weighted by Gasteiger charge is -2.11. The van der Waals surface area contributed by atoms with Crippen molar-refractivity contribution in [2.75, 3.05) is 0 Å². The minimum absolute atomic E-state index is 0.279. The average molecular weight is 424 g/mol. The maximum atomic E-state index is 12.2. The molecule has 1 aliphatic carbocycles. The van der Waals surface area contributed by atoms with E-state index in [4.69, 9.17) is 9.57 Å². The van der Waals surface area contributed by atoms with Crippen molar-refractivity contribution in [2.45, 2.75) is 54.8 Å². The molecule has 1 unspecified atom stereocenters. The predicted molar refractivity (Wildman–Crippen MR) is 102 cm³/mol. The number of rotatable bonds is 5. The van der Waals surface area contributed by atoms with E-state index in [2.05, 4.69) is 14.9 Å². The summed E-state index contributed by atoms with van der Waals surface area (Å²) in [7, 11) is 0. The molecule has 5 nitrogen and oxygen atoms in total. The Hall–Kier alpha value is -2.42. The van der Waals surface area contributed by atoms with Crippen LogP contribution in [0.2, 0.25) is 0 Å². The van der Waals surface area contributed by atoms with E-state index in [-0.39, 0.29) is 5.75 Å². The Labute approximate surface area is 170 Å². The summed E-state index contributed by atoms with van der Waals surface area (Å²) in [5, 5.41) is 5.55. The highest BCUT2D eigenvalue weighted by Crippen LogP contribution is 2.34. The van der Waals surface area contributed by atoms with Crippen LogP contribution in [0.1, 0.15) is 43.8 Å². The van der Waals surface area contributed by atoms with Gasteiger partial charge in [-0.1, -0.05) is 30.1 Å². The molecule has 0 amide bonds. The first-order chi connectivity index (χ1) is 13.9. The molecule has 1 saturated carbocycles. The monoisotopic (exact) mass is 424 g/mol. The molecule has 2 heterocycles. The van der Waals surface area contributed by atoms with Gasteiger partial charge in [-0.15, -0.1) is 24.9 Å². The van der Waals surface area contributed by atoms with Crippen molar-refractivity contribution in [2.24, 2.45) is 5.16 Å². The standard InChI is InChI=1S/C20H19F3N2O3S/c21-20(22,23)27-14-7-5-13(6-8-14)17-11-18(25-28-17)26-15-9-10-19(24-12-15)29-16-3-1-2-4-16/h5-10,12,16-17H,1-4,11H2. The predicted octanol–water partition coefficient (Wildman–Crippen LogP) is 5.87. The third kappa shape index (κ3) is 5.56. The second kappa shape index (κ2) is 8.52. The normalized spacial score (nSPS) is 19.7. The Balaban J connectivity index is 1.29. The van der Waals surface area contributed by atoms with Gasteiger partial charge < -0.3 is 14.3 Å². The van der Waals surface area contributed by atoms with E-state index in [9.17, 15) is 13.2 Å². The Morgan fingerprint density at radius 2 is 1.72 bits per heavy atom. The van der Waals surface area contributed by atoms with Crippen LogP contribution in [0.15, 0.2) is 52.8 Å². The van der Waals surface area contributed by atoms with E-state index < -0.39 is 12.5 Å². The minimum atomic E-state index is -4.71. The van der Waals surface area contributed by atoms with Crippen LogP contribution in [-0.2, 0) is 4.84 Å². The number of halogens is 3. The van der Waals surface area contributed by atoms with Crippen LogP contribution in [0.3, 0.4) is 0 Å². The molecular weight excluding hydrogens is 405 g/mol. The van der Waals surface area contributed by atoms with Gasteiger partial charge in [0, 0.05) is 5.25 Å². The molecule has 0 saturated heterocycles. The van der Waals surface area contributed by atoms with Gasteiger partial charge in [0.15, 0.2) is 6.10 Å². The zero-order valence-corrected chi connectivity index (χ0v) is 16.2. The quantitative estimate of drug-likeness (QED) is 0.601. The summed E-state index contributed by atoms with van der Waals surface area (Å²) in [5.74, 6) is 0.680. The van der Waals surface area contributed by atoms with Crippen molar-refractivity contribution < 1.29 is 27.5 Å². The lowest BCUT2D eigenvalue weighted by Crippen LogP contribution is -2.17. The van der Waals surface area contributed by atoms with Gasteiger partial charge in [0.1, 0.15) is 11.5 Å². The van der Waals surface area contributed by atoms with Gasteiger partial charge in [-0.3, -0.25) is 0 Å². The largest absolute Gasteiger partial charge is 0.573 e. The Morgan fingerprint density at radius 1 is 1.00 bits per heavy atom. The fraction of sp³-hybridized carbons (Fsp3) is 0.400. The second-order valence-corrected chi connectivity index (χ2v) is 8.18. The van der Waals surface area contributed by atoms with E-state index in [0.29, 0.717) is 28.9 Å². The number of hydrogen-bond acceptors (Lipinski definition) is 6. The van der Waals surface area contributed by atoms with Crippen molar-refractivity contribution in [3.8, 4) is 11.5 Å².